The van der Waals surface area contributed by atoms with Gasteiger partial charge in [0.2, 0.25) is 0 Å². The van der Waals surface area contributed by atoms with Crippen molar-refractivity contribution in [2.24, 2.45) is 0 Å². The molecule has 4 N–H and O–H groups in total. The molecule has 88 valence electrons. The van der Waals surface area contributed by atoms with E-state index in [4.69, 9.17) is 5.11 Å². The molecule has 1 rings (SSSR count). The molecule has 5 nitrogen and oxygen atoms in total. The van der Waals surface area contributed by atoms with Gasteiger partial charge in [0.25, 0.3) is 0 Å². The van der Waals surface area contributed by atoms with Crippen molar-refractivity contribution in [2.45, 2.75) is 13.0 Å². The molecule has 0 saturated heterocycles. The second kappa shape index (κ2) is 5.48. The van der Waals surface area contributed by atoms with Crippen LogP contribution in [-0.2, 0) is 4.79 Å². The van der Waals surface area contributed by atoms with Gasteiger partial charge in [0.1, 0.15) is 5.78 Å². The van der Waals surface area contributed by atoms with Gasteiger partial charge in [-0.25, -0.2) is 0 Å². The number of aromatic hydroxyl groups is 2. The van der Waals surface area contributed by atoms with Gasteiger partial charge in [-0.05, 0) is 24.6 Å². The highest BCUT2D eigenvalue weighted by atomic mass is 16.3. The van der Waals surface area contributed by atoms with Crippen LogP contribution in [0.2, 0.25) is 0 Å². The molecule has 1 aromatic carbocycles. The Morgan fingerprint density at radius 1 is 1.38 bits per heavy atom. The number of Topliss-reactive ketones (excluding diaryl/α,β-unsaturated/α-hetero) is 1. The van der Waals surface area contributed by atoms with E-state index in [1.54, 1.807) is 0 Å². The lowest BCUT2D eigenvalue weighted by molar-refractivity contribution is -0.116. The number of phenols is 2. The average Bonchev–Trinajstić information content (AvgIpc) is 2.21. The molecule has 5 heteroatoms. The van der Waals surface area contributed by atoms with Gasteiger partial charge in [-0.1, -0.05) is 6.07 Å². The van der Waals surface area contributed by atoms with Crippen LogP contribution in [0.1, 0.15) is 18.6 Å². The first kappa shape index (κ1) is 12.5. The molecule has 0 aliphatic carbocycles. The average molecular weight is 225 g/mol. The van der Waals surface area contributed by atoms with E-state index in [0.29, 0.717) is 5.56 Å². The molecule has 0 heterocycles. The first-order valence-electron chi connectivity index (χ1n) is 4.91. The predicted molar refractivity (Wildman–Crippen MR) is 58.3 cm³/mol. The first-order chi connectivity index (χ1) is 7.50. The van der Waals surface area contributed by atoms with Crippen molar-refractivity contribution in [1.29, 1.82) is 0 Å². The fourth-order valence-electron chi connectivity index (χ4n) is 1.25. The summed E-state index contributed by atoms with van der Waals surface area (Å²) in [5, 5.41) is 30.8. The Kier molecular flexibility index (Phi) is 4.28. The highest BCUT2D eigenvalue weighted by molar-refractivity contribution is 5.77. The number of aliphatic hydroxyl groups is 1. The van der Waals surface area contributed by atoms with Crippen LogP contribution in [0.25, 0.3) is 0 Å². The Bertz CT molecular complexity index is 378. The molecule has 0 radical (unpaired) electrons. The Hall–Kier alpha value is -1.59. The summed E-state index contributed by atoms with van der Waals surface area (Å²) in [6.07, 6.45) is -0.828. The van der Waals surface area contributed by atoms with Gasteiger partial charge in [-0.15, -0.1) is 0 Å². The molecule has 1 aromatic rings. The van der Waals surface area contributed by atoms with Gasteiger partial charge in [0, 0.05) is 6.54 Å². The number of hydrogen-bond acceptors (Lipinski definition) is 5. The molecule has 0 saturated carbocycles. The molecule has 1 atom stereocenters. The summed E-state index contributed by atoms with van der Waals surface area (Å²) in [5.41, 5.74) is 0.478. The molecule has 0 bridgehead atoms. The minimum Gasteiger partial charge on any atom is -0.504 e. The van der Waals surface area contributed by atoms with Crippen LogP contribution in [-0.4, -0.2) is 34.2 Å². The molecule has 0 spiro atoms. The van der Waals surface area contributed by atoms with E-state index in [9.17, 15) is 15.0 Å². The van der Waals surface area contributed by atoms with E-state index in [0.717, 1.165) is 0 Å². The topological polar surface area (TPSA) is 89.8 Å². The van der Waals surface area contributed by atoms with Crippen LogP contribution in [0.4, 0.5) is 0 Å². The zero-order chi connectivity index (χ0) is 12.1. The lowest BCUT2D eigenvalue weighted by Crippen LogP contribution is -2.26. The number of hydrogen-bond donors (Lipinski definition) is 4. The van der Waals surface area contributed by atoms with Gasteiger partial charge in [0.05, 0.1) is 12.6 Å². The molecule has 0 aromatic heterocycles. The third-order valence-electron chi connectivity index (χ3n) is 2.10. The maximum atomic E-state index is 10.6. The molecular weight excluding hydrogens is 210 g/mol. The third kappa shape index (κ3) is 3.52. The Morgan fingerprint density at radius 2 is 2.06 bits per heavy atom. The van der Waals surface area contributed by atoms with Crippen LogP contribution in [0.5, 0.6) is 11.5 Å². The summed E-state index contributed by atoms with van der Waals surface area (Å²) in [7, 11) is 0. The molecule has 0 aliphatic heterocycles. The number of rotatable bonds is 5. The van der Waals surface area contributed by atoms with Crippen molar-refractivity contribution in [1.82, 2.24) is 5.32 Å². The maximum Gasteiger partial charge on any atom is 0.157 e. The van der Waals surface area contributed by atoms with Crippen molar-refractivity contribution in [3.8, 4) is 11.5 Å². The van der Waals surface area contributed by atoms with Crippen molar-refractivity contribution in [2.75, 3.05) is 13.1 Å². The standard InChI is InChI=1S/C11H15NO4/c1-7(13)5-12-6-11(16)8-2-3-9(14)10(15)4-8/h2-4,11-12,14-16H,5-6H2,1H3. The van der Waals surface area contributed by atoms with Crippen LogP contribution in [0.15, 0.2) is 18.2 Å². The van der Waals surface area contributed by atoms with Gasteiger partial charge in [-0.2, -0.15) is 0 Å². The minimum absolute atomic E-state index is 0.0132. The lowest BCUT2D eigenvalue weighted by atomic mass is 10.1. The summed E-state index contributed by atoms with van der Waals surface area (Å²) in [6.45, 7) is 1.86. The Labute approximate surface area is 93.4 Å². The van der Waals surface area contributed by atoms with Crippen molar-refractivity contribution in [3.63, 3.8) is 0 Å². The van der Waals surface area contributed by atoms with E-state index in [1.807, 2.05) is 0 Å². The van der Waals surface area contributed by atoms with Gasteiger partial charge < -0.3 is 20.6 Å². The number of nitrogens with one attached hydrogen (secondary N) is 1. The highest BCUT2D eigenvalue weighted by Crippen LogP contribution is 2.27. The Balaban J connectivity index is 2.55. The zero-order valence-corrected chi connectivity index (χ0v) is 8.97. The van der Waals surface area contributed by atoms with E-state index >= 15 is 0 Å². The fourth-order valence-corrected chi connectivity index (χ4v) is 1.25. The summed E-state index contributed by atoms with van der Waals surface area (Å²) in [4.78, 5) is 10.6. The molecule has 0 fully saturated rings. The molecular formula is C11H15NO4. The van der Waals surface area contributed by atoms with Crippen LogP contribution in [0, 0.1) is 0 Å². The zero-order valence-electron chi connectivity index (χ0n) is 8.97. The second-order valence-corrected chi connectivity index (χ2v) is 3.60. The van der Waals surface area contributed by atoms with Crippen molar-refractivity contribution < 1.29 is 20.1 Å². The first-order valence-corrected chi connectivity index (χ1v) is 4.91. The summed E-state index contributed by atoms with van der Waals surface area (Å²) in [6, 6.07) is 4.10. The number of ketones is 1. The fraction of sp³-hybridized carbons (Fsp3) is 0.364. The SMILES string of the molecule is CC(=O)CNCC(O)c1ccc(O)c(O)c1. The summed E-state index contributed by atoms with van der Waals surface area (Å²) >= 11 is 0. The van der Waals surface area contributed by atoms with E-state index in [2.05, 4.69) is 5.32 Å². The minimum atomic E-state index is -0.828. The van der Waals surface area contributed by atoms with Gasteiger partial charge in [-0.3, -0.25) is 4.79 Å². The monoisotopic (exact) mass is 225 g/mol. The summed E-state index contributed by atoms with van der Waals surface area (Å²) < 4.78 is 0. The maximum absolute atomic E-state index is 10.6. The number of carbonyl (C=O) groups excluding carboxylic acids is 1. The largest absolute Gasteiger partial charge is 0.504 e. The van der Waals surface area contributed by atoms with Crippen LogP contribution >= 0.6 is 0 Å². The van der Waals surface area contributed by atoms with Crippen molar-refractivity contribution >= 4 is 5.78 Å². The van der Waals surface area contributed by atoms with Crippen LogP contribution < -0.4 is 5.32 Å². The molecule has 16 heavy (non-hydrogen) atoms. The van der Waals surface area contributed by atoms with E-state index in [1.165, 1.54) is 25.1 Å². The van der Waals surface area contributed by atoms with E-state index in [-0.39, 0.29) is 30.4 Å². The highest BCUT2D eigenvalue weighted by Gasteiger charge is 2.09. The summed E-state index contributed by atoms with van der Waals surface area (Å²) in [5.74, 6) is -0.517. The molecule has 0 amide bonds. The molecule has 1 unspecified atom stereocenters. The number of benzene rings is 1. The third-order valence-corrected chi connectivity index (χ3v) is 2.10. The van der Waals surface area contributed by atoms with Gasteiger partial charge in [0.15, 0.2) is 11.5 Å². The normalized spacial score (nSPS) is 12.4. The second-order valence-electron chi connectivity index (χ2n) is 3.60. The molecule has 0 aliphatic rings. The number of carbonyl (C=O) groups is 1. The quantitative estimate of drug-likeness (QED) is 0.541. The predicted octanol–water partition coefficient (Wildman–Crippen LogP) is 0.310. The van der Waals surface area contributed by atoms with E-state index < -0.39 is 6.10 Å². The Morgan fingerprint density at radius 3 is 2.62 bits per heavy atom. The smallest absolute Gasteiger partial charge is 0.157 e. The number of phenolic OH excluding ortho intramolecular Hbond substituents is 2. The lowest BCUT2D eigenvalue weighted by Gasteiger charge is -2.12. The number of aliphatic hydroxyl groups excluding tert-OH is 1. The van der Waals surface area contributed by atoms with Crippen LogP contribution in [0.3, 0.4) is 0 Å². The van der Waals surface area contributed by atoms with Crippen molar-refractivity contribution in [3.05, 3.63) is 23.8 Å². The van der Waals surface area contributed by atoms with Gasteiger partial charge >= 0.3 is 0 Å².